The first-order valence-corrected chi connectivity index (χ1v) is 6.03. The van der Waals surface area contributed by atoms with Gasteiger partial charge in [0.1, 0.15) is 0 Å². The van der Waals surface area contributed by atoms with E-state index in [0.29, 0.717) is 0 Å². The third-order valence-electron chi connectivity index (χ3n) is 3.57. The van der Waals surface area contributed by atoms with Gasteiger partial charge < -0.3 is 5.32 Å². The molecule has 0 atom stereocenters. The maximum atomic E-state index is 4.74. The van der Waals surface area contributed by atoms with Crippen molar-refractivity contribution in [3.05, 3.63) is 46.3 Å². The molecule has 0 fully saturated rings. The van der Waals surface area contributed by atoms with Crippen LogP contribution in [0.15, 0.2) is 18.2 Å². The van der Waals surface area contributed by atoms with Gasteiger partial charge in [-0.15, -0.1) is 0 Å². The van der Waals surface area contributed by atoms with Gasteiger partial charge in [0.2, 0.25) is 0 Å². The van der Waals surface area contributed by atoms with Gasteiger partial charge >= 0.3 is 0 Å². The molecule has 0 radical (unpaired) electrons. The Balaban J connectivity index is 2.23. The molecule has 1 aromatic heterocycles. The Morgan fingerprint density at radius 3 is 2.47 bits per heavy atom. The second kappa shape index (κ2) is 3.70. The number of hydrogen-bond acceptors (Lipinski definition) is 2. The van der Waals surface area contributed by atoms with Crippen LogP contribution in [0.3, 0.4) is 0 Å². The van der Waals surface area contributed by atoms with Gasteiger partial charge in [-0.1, -0.05) is 18.2 Å². The monoisotopic (exact) mass is 227 g/mol. The highest BCUT2D eigenvalue weighted by molar-refractivity contribution is 5.49. The van der Waals surface area contributed by atoms with Gasteiger partial charge in [0.25, 0.3) is 0 Å². The fourth-order valence-electron chi connectivity index (χ4n) is 2.63. The van der Waals surface area contributed by atoms with Crippen LogP contribution in [0.25, 0.3) is 5.69 Å². The minimum atomic E-state index is 0.897. The summed E-state index contributed by atoms with van der Waals surface area (Å²) in [5.41, 5.74) is 7.63. The van der Waals surface area contributed by atoms with Gasteiger partial charge in [-0.2, -0.15) is 5.10 Å². The Hall–Kier alpha value is -1.61. The Morgan fingerprint density at radius 2 is 1.82 bits per heavy atom. The summed E-state index contributed by atoms with van der Waals surface area (Å²) in [5.74, 6) is 0. The smallest absolute Gasteiger partial charge is 0.0814 e. The summed E-state index contributed by atoms with van der Waals surface area (Å²) in [5, 5.41) is 8.08. The highest BCUT2D eigenvalue weighted by atomic mass is 15.3. The molecular formula is C14H17N3. The van der Waals surface area contributed by atoms with Crippen LogP contribution in [-0.2, 0) is 13.1 Å². The van der Waals surface area contributed by atoms with E-state index in [4.69, 9.17) is 5.10 Å². The zero-order chi connectivity index (χ0) is 12.0. The molecule has 0 saturated carbocycles. The number of aromatic nitrogens is 2. The topological polar surface area (TPSA) is 29.9 Å². The summed E-state index contributed by atoms with van der Waals surface area (Å²) in [6, 6.07) is 6.39. The average molecular weight is 227 g/mol. The van der Waals surface area contributed by atoms with Crippen molar-refractivity contribution >= 4 is 0 Å². The number of fused-ring (bicyclic) bond motifs is 1. The summed E-state index contributed by atoms with van der Waals surface area (Å²) in [7, 11) is 0. The molecule has 0 bridgehead atoms. The van der Waals surface area contributed by atoms with Crippen molar-refractivity contribution in [1.82, 2.24) is 15.1 Å². The first kappa shape index (κ1) is 10.5. The third kappa shape index (κ3) is 1.50. The molecule has 1 aromatic carbocycles. The predicted octanol–water partition coefficient (Wildman–Crippen LogP) is 2.40. The first-order chi connectivity index (χ1) is 8.18. The highest BCUT2D eigenvalue weighted by Crippen LogP contribution is 2.25. The molecule has 0 aliphatic carbocycles. The lowest BCUT2D eigenvalue weighted by Gasteiger charge is -2.12. The van der Waals surface area contributed by atoms with Crippen molar-refractivity contribution in [2.24, 2.45) is 0 Å². The molecule has 1 N–H and O–H groups in total. The normalized spacial score (nSPS) is 14.1. The number of nitrogens with one attached hydrogen (secondary N) is 1. The van der Waals surface area contributed by atoms with Crippen molar-refractivity contribution in [2.75, 3.05) is 0 Å². The second-order valence-corrected chi connectivity index (χ2v) is 4.77. The van der Waals surface area contributed by atoms with Crippen molar-refractivity contribution < 1.29 is 0 Å². The van der Waals surface area contributed by atoms with Crippen LogP contribution in [0.1, 0.15) is 28.1 Å². The van der Waals surface area contributed by atoms with E-state index in [1.165, 1.54) is 33.8 Å². The maximum absolute atomic E-state index is 4.74. The fraction of sp³-hybridized carbons (Fsp3) is 0.357. The first-order valence-electron chi connectivity index (χ1n) is 6.03. The summed E-state index contributed by atoms with van der Waals surface area (Å²) >= 11 is 0. The van der Waals surface area contributed by atoms with E-state index in [1.54, 1.807) is 0 Å². The van der Waals surface area contributed by atoms with Crippen molar-refractivity contribution in [3.8, 4) is 5.69 Å². The van der Waals surface area contributed by atoms with Gasteiger partial charge in [-0.05, 0) is 31.9 Å². The number of para-hydroxylation sites is 1. The molecule has 0 spiro atoms. The van der Waals surface area contributed by atoms with Crippen LogP contribution in [0.5, 0.6) is 0 Å². The van der Waals surface area contributed by atoms with Gasteiger partial charge in [0.05, 0.1) is 11.4 Å². The lowest BCUT2D eigenvalue weighted by molar-refractivity contribution is 0.708. The van der Waals surface area contributed by atoms with Gasteiger partial charge in [0.15, 0.2) is 0 Å². The van der Waals surface area contributed by atoms with Crippen molar-refractivity contribution in [1.29, 1.82) is 0 Å². The quantitative estimate of drug-likeness (QED) is 0.810. The van der Waals surface area contributed by atoms with E-state index >= 15 is 0 Å². The molecule has 1 aliphatic rings. The molecule has 0 unspecified atom stereocenters. The zero-order valence-electron chi connectivity index (χ0n) is 10.5. The van der Waals surface area contributed by atoms with Crippen LogP contribution < -0.4 is 5.32 Å². The predicted molar refractivity (Wildman–Crippen MR) is 68.3 cm³/mol. The molecule has 0 saturated heterocycles. The fourth-order valence-corrected chi connectivity index (χ4v) is 2.63. The molecule has 2 aromatic rings. The maximum Gasteiger partial charge on any atom is 0.0814 e. The molecule has 3 nitrogen and oxygen atoms in total. The van der Waals surface area contributed by atoms with E-state index in [1.807, 2.05) is 0 Å². The number of rotatable bonds is 1. The number of benzene rings is 1. The summed E-state index contributed by atoms with van der Waals surface area (Å²) in [6.07, 6.45) is 0. The molecule has 88 valence electrons. The third-order valence-corrected chi connectivity index (χ3v) is 3.57. The molecule has 17 heavy (non-hydrogen) atoms. The van der Waals surface area contributed by atoms with Gasteiger partial charge in [-0.25, -0.2) is 4.68 Å². The van der Waals surface area contributed by atoms with Crippen LogP contribution in [0.4, 0.5) is 0 Å². The summed E-state index contributed by atoms with van der Waals surface area (Å²) in [4.78, 5) is 0. The molecular weight excluding hydrogens is 210 g/mol. The Bertz CT molecular complexity index is 561. The standard InChI is InChI=1S/C14H17N3/c1-9-5-4-6-10(2)14(9)17-11(3)12-7-15-8-13(12)16-17/h4-6,15H,7-8H2,1-3H3. The number of aryl methyl sites for hydroxylation is 2. The van der Waals surface area contributed by atoms with E-state index in [0.717, 1.165) is 13.1 Å². The van der Waals surface area contributed by atoms with Crippen molar-refractivity contribution in [3.63, 3.8) is 0 Å². The van der Waals surface area contributed by atoms with Crippen LogP contribution in [-0.4, -0.2) is 9.78 Å². The van der Waals surface area contributed by atoms with Crippen LogP contribution in [0, 0.1) is 20.8 Å². The Labute approximate surface area is 101 Å². The average Bonchev–Trinajstić information content (AvgIpc) is 2.84. The SMILES string of the molecule is Cc1cccc(C)c1-n1nc2c(c1C)CNC2. The van der Waals surface area contributed by atoms with Gasteiger partial charge in [-0.3, -0.25) is 0 Å². The van der Waals surface area contributed by atoms with E-state index in [-0.39, 0.29) is 0 Å². The van der Waals surface area contributed by atoms with Crippen LogP contribution in [0.2, 0.25) is 0 Å². The highest BCUT2D eigenvalue weighted by Gasteiger charge is 2.20. The lowest BCUT2D eigenvalue weighted by atomic mass is 10.1. The van der Waals surface area contributed by atoms with E-state index in [9.17, 15) is 0 Å². The van der Waals surface area contributed by atoms with Crippen LogP contribution >= 0.6 is 0 Å². The lowest BCUT2D eigenvalue weighted by Crippen LogP contribution is -2.09. The summed E-state index contributed by atoms with van der Waals surface area (Å²) < 4.78 is 2.11. The summed E-state index contributed by atoms with van der Waals surface area (Å²) in [6.45, 7) is 8.30. The van der Waals surface area contributed by atoms with Gasteiger partial charge in [0, 0.05) is 24.3 Å². The molecule has 1 aliphatic heterocycles. The Kier molecular flexibility index (Phi) is 2.30. The molecule has 0 amide bonds. The Morgan fingerprint density at radius 1 is 1.12 bits per heavy atom. The molecule has 3 rings (SSSR count). The van der Waals surface area contributed by atoms with E-state index in [2.05, 4.69) is 49.0 Å². The van der Waals surface area contributed by atoms with E-state index < -0.39 is 0 Å². The number of nitrogens with zero attached hydrogens (tertiary/aromatic N) is 2. The zero-order valence-corrected chi connectivity index (χ0v) is 10.5. The molecule has 3 heteroatoms. The number of hydrogen-bond donors (Lipinski definition) is 1. The second-order valence-electron chi connectivity index (χ2n) is 4.77. The largest absolute Gasteiger partial charge is 0.307 e. The minimum absolute atomic E-state index is 0.897. The minimum Gasteiger partial charge on any atom is -0.307 e. The molecule has 2 heterocycles. The van der Waals surface area contributed by atoms with Crippen molar-refractivity contribution in [2.45, 2.75) is 33.9 Å².